The van der Waals surface area contributed by atoms with Crippen molar-refractivity contribution in [1.29, 1.82) is 0 Å². The molecular formula is C28H42F3N3O7S. The maximum absolute atomic E-state index is 13.9. The minimum Gasteiger partial charge on any atom is -0.444 e. The minimum atomic E-state index is -5.06. The Balaban J connectivity index is 2.21. The Morgan fingerprint density at radius 1 is 1.00 bits per heavy atom. The third-order valence-electron chi connectivity index (χ3n) is 6.74. The molecule has 1 saturated heterocycles. The average molecular weight is 622 g/mol. The molecule has 0 aromatic heterocycles. The molecule has 0 aliphatic carbocycles. The van der Waals surface area contributed by atoms with E-state index in [1.165, 1.54) is 6.92 Å². The van der Waals surface area contributed by atoms with Crippen molar-refractivity contribution in [1.82, 2.24) is 15.8 Å². The van der Waals surface area contributed by atoms with E-state index in [0.717, 1.165) is 42.7 Å². The van der Waals surface area contributed by atoms with Crippen molar-refractivity contribution in [3.05, 3.63) is 29.3 Å². The summed E-state index contributed by atoms with van der Waals surface area (Å²) in [6, 6.07) is 2.14. The molecule has 1 heterocycles. The summed E-state index contributed by atoms with van der Waals surface area (Å²) in [4.78, 5) is 39.0. The van der Waals surface area contributed by atoms with Gasteiger partial charge in [0.15, 0.2) is 9.84 Å². The zero-order valence-electron chi connectivity index (χ0n) is 25.2. The van der Waals surface area contributed by atoms with Crippen molar-refractivity contribution in [3.63, 3.8) is 0 Å². The van der Waals surface area contributed by atoms with Crippen LogP contribution in [-0.4, -0.2) is 60.5 Å². The Kier molecular flexibility index (Phi) is 11.1. The molecule has 1 aliphatic heterocycles. The summed E-state index contributed by atoms with van der Waals surface area (Å²) in [5.41, 5.74) is -1.61. The number of nitrogens with one attached hydrogen (secondary N) is 2. The molecule has 3 amide bonds. The van der Waals surface area contributed by atoms with Crippen molar-refractivity contribution in [2.75, 3.05) is 12.4 Å². The van der Waals surface area contributed by atoms with Crippen LogP contribution in [-0.2, 0) is 30.3 Å². The van der Waals surface area contributed by atoms with Gasteiger partial charge in [0.25, 0.3) is 11.8 Å². The van der Waals surface area contributed by atoms with Crippen molar-refractivity contribution in [2.24, 2.45) is 0 Å². The van der Waals surface area contributed by atoms with Gasteiger partial charge < -0.3 is 9.47 Å². The molecule has 0 bridgehead atoms. The molecule has 238 valence electrons. The Morgan fingerprint density at radius 3 is 2.17 bits per heavy atom. The standard InChI is InChI=1S/C28H42F3N3O7S/c1-8-9-10-11-12-13-16-42(38,39)21-15-14-19(17-20(21)28(29,30)31)22(35)32-33-23(36)27(7)18-40-26(5,6)34(27)24(37)41-25(2,3)4/h14-15,17H,8-13,16,18H2,1-7H3,(H,32,35)(H,33,36). The molecule has 2 rings (SSSR count). The number of rotatable bonds is 10. The minimum absolute atomic E-state index is 0.219. The summed E-state index contributed by atoms with van der Waals surface area (Å²) in [5.74, 6) is -2.46. The van der Waals surface area contributed by atoms with Gasteiger partial charge in [0.1, 0.15) is 16.9 Å². The number of carbonyl (C=O) groups excluding carboxylic acids is 3. The molecule has 0 radical (unpaired) electrons. The van der Waals surface area contributed by atoms with Crippen LogP contribution in [0.1, 0.15) is 103 Å². The lowest BCUT2D eigenvalue weighted by Crippen LogP contribution is -2.63. The highest BCUT2D eigenvalue weighted by Crippen LogP contribution is 2.37. The number of sulfone groups is 1. The molecule has 0 spiro atoms. The second kappa shape index (κ2) is 13.2. The van der Waals surface area contributed by atoms with Crippen LogP contribution in [0.15, 0.2) is 23.1 Å². The fraction of sp³-hybridized carbons (Fsp3) is 0.679. The molecule has 1 fully saturated rings. The molecule has 14 heteroatoms. The molecule has 1 aromatic carbocycles. The Bertz CT molecular complexity index is 1260. The number of halogens is 3. The predicted octanol–water partition coefficient (Wildman–Crippen LogP) is 5.36. The van der Waals surface area contributed by atoms with E-state index in [1.807, 2.05) is 12.3 Å². The highest BCUT2D eigenvalue weighted by Gasteiger charge is 2.57. The van der Waals surface area contributed by atoms with Gasteiger partial charge in [0.05, 0.1) is 22.8 Å². The number of carbonyl (C=O) groups is 3. The van der Waals surface area contributed by atoms with Crippen LogP contribution >= 0.6 is 0 Å². The molecule has 1 atom stereocenters. The molecule has 10 nitrogen and oxygen atoms in total. The number of benzene rings is 1. The number of alkyl halides is 3. The molecule has 2 N–H and O–H groups in total. The normalized spacial score (nSPS) is 19.0. The number of hydrogen-bond donors (Lipinski definition) is 2. The summed E-state index contributed by atoms with van der Waals surface area (Å²) in [6.45, 7) is 11.2. The smallest absolute Gasteiger partial charge is 0.417 e. The highest BCUT2D eigenvalue weighted by molar-refractivity contribution is 7.91. The van der Waals surface area contributed by atoms with Gasteiger partial charge in [-0.2, -0.15) is 13.2 Å². The number of amides is 3. The zero-order valence-corrected chi connectivity index (χ0v) is 26.1. The van der Waals surface area contributed by atoms with Crippen molar-refractivity contribution in [3.8, 4) is 0 Å². The van der Waals surface area contributed by atoms with Crippen LogP contribution in [0.2, 0.25) is 0 Å². The van der Waals surface area contributed by atoms with Crippen LogP contribution in [0, 0.1) is 0 Å². The van der Waals surface area contributed by atoms with Gasteiger partial charge in [-0.1, -0.05) is 39.0 Å². The molecule has 0 saturated carbocycles. The van der Waals surface area contributed by atoms with E-state index in [2.05, 4.69) is 5.43 Å². The summed E-state index contributed by atoms with van der Waals surface area (Å²) in [7, 11) is -4.28. The van der Waals surface area contributed by atoms with E-state index in [-0.39, 0.29) is 13.0 Å². The van der Waals surface area contributed by atoms with Gasteiger partial charge in [-0.25, -0.2) is 13.2 Å². The van der Waals surface area contributed by atoms with E-state index in [9.17, 15) is 36.0 Å². The second-order valence-corrected chi connectivity index (χ2v) is 14.1. The Morgan fingerprint density at radius 2 is 1.60 bits per heavy atom. The summed E-state index contributed by atoms with van der Waals surface area (Å²) in [5, 5.41) is 0. The van der Waals surface area contributed by atoms with Gasteiger partial charge in [-0.05, 0) is 66.2 Å². The highest BCUT2D eigenvalue weighted by atomic mass is 32.2. The van der Waals surface area contributed by atoms with Crippen LogP contribution in [0.4, 0.5) is 18.0 Å². The van der Waals surface area contributed by atoms with Crippen molar-refractivity contribution in [2.45, 2.75) is 115 Å². The number of hydrazine groups is 1. The maximum atomic E-state index is 13.9. The first-order chi connectivity index (χ1) is 19.2. The SMILES string of the molecule is CCCCCCCCS(=O)(=O)c1ccc(C(=O)NNC(=O)C2(C)COC(C)(C)N2C(=O)OC(C)(C)C)cc1C(F)(F)F. The molecule has 42 heavy (non-hydrogen) atoms. The van der Waals surface area contributed by atoms with Crippen LogP contribution < -0.4 is 10.9 Å². The van der Waals surface area contributed by atoms with E-state index >= 15 is 0 Å². The van der Waals surface area contributed by atoms with Crippen molar-refractivity contribution >= 4 is 27.7 Å². The van der Waals surface area contributed by atoms with Gasteiger partial charge >= 0.3 is 12.3 Å². The third-order valence-corrected chi connectivity index (χ3v) is 8.59. The van der Waals surface area contributed by atoms with E-state index < -0.39 is 72.6 Å². The number of nitrogens with zero attached hydrogens (tertiary/aromatic N) is 1. The molecular weight excluding hydrogens is 579 g/mol. The van der Waals surface area contributed by atoms with Crippen molar-refractivity contribution < 1.29 is 45.4 Å². The lowest BCUT2D eigenvalue weighted by atomic mass is 10.0. The lowest BCUT2D eigenvalue weighted by molar-refractivity contribution is -0.140. The topological polar surface area (TPSA) is 131 Å². The van der Waals surface area contributed by atoms with Gasteiger partial charge in [-0.15, -0.1) is 0 Å². The van der Waals surface area contributed by atoms with Crippen LogP contribution in [0.25, 0.3) is 0 Å². The average Bonchev–Trinajstić information content (AvgIpc) is 3.12. The van der Waals surface area contributed by atoms with Crippen LogP contribution in [0.5, 0.6) is 0 Å². The van der Waals surface area contributed by atoms with E-state index in [0.29, 0.717) is 12.5 Å². The fourth-order valence-corrected chi connectivity index (χ4v) is 6.19. The maximum Gasteiger partial charge on any atom is 0.417 e. The quantitative estimate of drug-likeness (QED) is 0.266. The predicted molar refractivity (Wildman–Crippen MR) is 149 cm³/mol. The molecule has 1 aromatic rings. The first-order valence-electron chi connectivity index (χ1n) is 13.9. The number of unbranched alkanes of at least 4 members (excludes halogenated alkanes) is 5. The second-order valence-electron chi connectivity index (χ2n) is 12.0. The van der Waals surface area contributed by atoms with Gasteiger partial charge in [0, 0.05) is 5.56 Å². The van der Waals surface area contributed by atoms with E-state index in [1.54, 1.807) is 34.6 Å². The Hall–Kier alpha value is -2.87. The lowest BCUT2D eigenvalue weighted by Gasteiger charge is -2.39. The fourth-order valence-electron chi connectivity index (χ4n) is 4.60. The summed E-state index contributed by atoms with van der Waals surface area (Å²) in [6.07, 6.45) is -1.38. The summed E-state index contributed by atoms with van der Waals surface area (Å²) < 4.78 is 78.3. The van der Waals surface area contributed by atoms with Crippen LogP contribution in [0.3, 0.4) is 0 Å². The number of hydrogen-bond acceptors (Lipinski definition) is 7. The zero-order chi connectivity index (χ0) is 32.1. The Labute approximate surface area is 245 Å². The summed E-state index contributed by atoms with van der Waals surface area (Å²) >= 11 is 0. The third kappa shape index (κ3) is 8.82. The monoisotopic (exact) mass is 621 g/mol. The van der Waals surface area contributed by atoms with Gasteiger partial charge in [0.2, 0.25) is 0 Å². The first-order valence-corrected chi connectivity index (χ1v) is 15.5. The first kappa shape index (κ1) is 35.3. The number of ether oxygens (including phenoxy) is 2. The molecule has 1 aliphatic rings. The van der Waals surface area contributed by atoms with E-state index in [4.69, 9.17) is 9.47 Å². The molecule has 1 unspecified atom stereocenters. The largest absolute Gasteiger partial charge is 0.444 e. The van der Waals surface area contributed by atoms with Gasteiger partial charge in [-0.3, -0.25) is 25.3 Å².